The van der Waals surface area contributed by atoms with E-state index in [-0.39, 0.29) is 5.82 Å². The number of piperazine rings is 1. The lowest BCUT2D eigenvalue weighted by atomic mass is 10.1. The third-order valence-corrected chi connectivity index (χ3v) is 3.85. The van der Waals surface area contributed by atoms with Gasteiger partial charge in [0.25, 0.3) is 0 Å². The summed E-state index contributed by atoms with van der Waals surface area (Å²) in [6.07, 6.45) is 3.62. The summed E-state index contributed by atoms with van der Waals surface area (Å²) >= 11 is 0. The minimum atomic E-state index is -0.141. The first kappa shape index (κ1) is 14.9. The second-order valence-electron chi connectivity index (χ2n) is 5.49. The molecular weight excluding hydrogens is 279 g/mol. The number of nitrogens with one attached hydrogen (secondary N) is 2. The Morgan fingerprint density at radius 3 is 2.73 bits per heavy atom. The molecule has 1 fully saturated rings. The summed E-state index contributed by atoms with van der Waals surface area (Å²) in [7, 11) is 0. The Bertz CT molecular complexity index is 597. The summed E-state index contributed by atoms with van der Waals surface area (Å²) in [6, 6.07) is 9.33. The molecule has 116 valence electrons. The van der Waals surface area contributed by atoms with Crippen molar-refractivity contribution >= 4 is 5.69 Å². The van der Waals surface area contributed by atoms with E-state index in [9.17, 15) is 4.39 Å². The van der Waals surface area contributed by atoms with Crippen LogP contribution in [0.4, 0.5) is 10.1 Å². The molecule has 1 aromatic heterocycles. The zero-order chi connectivity index (χ0) is 15.2. The largest absolute Gasteiger partial charge is 0.367 e. The molecule has 22 heavy (non-hydrogen) atoms. The number of pyridine rings is 1. The first-order valence-electron chi connectivity index (χ1n) is 7.66. The van der Waals surface area contributed by atoms with Crippen molar-refractivity contribution in [2.24, 2.45) is 0 Å². The van der Waals surface area contributed by atoms with Crippen molar-refractivity contribution < 1.29 is 4.39 Å². The zero-order valence-electron chi connectivity index (χ0n) is 12.6. The van der Waals surface area contributed by atoms with E-state index in [4.69, 9.17) is 0 Å². The van der Waals surface area contributed by atoms with Crippen LogP contribution < -0.4 is 15.5 Å². The topological polar surface area (TPSA) is 40.2 Å². The van der Waals surface area contributed by atoms with Gasteiger partial charge < -0.3 is 15.5 Å². The number of hydrogen-bond acceptors (Lipinski definition) is 4. The highest BCUT2D eigenvalue weighted by molar-refractivity contribution is 5.50. The summed E-state index contributed by atoms with van der Waals surface area (Å²) < 4.78 is 14.1. The first-order valence-corrected chi connectivity index (χ1v) is 7.66. The van der Waals surface area contributed by atoms with Crippen LogP contribution in [0.1, 0.15) is 11.1 Å². The fraction of sp³-hybridized carbons (Fsp3) is 0.353. The van der Waals surface area contributed by atoms with Crippen molar-refractivity contribution in [1.82, 2.24) is 15.6 Å². The highest BCUT2D eigenvalue weighted by Crippen LogP contribution is 2.21. The Kier molecular flexibility index (Phi) is 4.98. The number of halogens is 1. The number of nitrogens with zero attached hydrogens (tertiary/aromatic N) is 2. The predicted molar refractivity (Wildman–Crippen MR) is 86.3 cm³/mol. The van der Waals surface area contributed by atoms with Crippen molar-refractivity contribution in [3.63, 3.8) is 0 Å². The molecule has 0 amide bonds. The van der Waals surface area contributed by atoms with Gasteiger partial charge in [0, 0.05) is 51.7 Å². The summed E-state index contributed by atoms with van der Waals surface area (Å²) in [5, 5.41) is 6.66. The van der Waals surface area contributed by atoms with Crippen LogP contribution in [0.3, 0.4) is 0 Å². The number of aromatic nitrogens is 1. The summed E-state index contributed by atoms with van der Waals surface area (Å²) in [4.78, 5) is 6.20. The number of rotatable bonds is 5. The van der Waals surface area contributed by atoms with Gasteiger partial charge in [0.2, 0.25) is 0 Å². The summed E-state index contributed by atoms with van der Waals surface area (Å²) in [5.41, 5.74) is 2.95. The Hall–Kier alpha value is -1.98. The van der Waals surface area contributed by atoms with E-state index >= 15 is 0 Å². The minimum absolute atomic E-state index is 0.141. The highest BCUT2D eigenvalue weighted by Gasteiger charge is 2.14. The molecule has 5 heteroatoms. The molecule has 0 unspecified atom stereocenters. The zero-order valence-corrected chi connectivity index (χ0v) is 12.6. The lowest BCUT2D eigenvalue weighted by molar-refractivity contribution is 0.565. The predicted octanol–water partition coefficient (Wildman–Crippen LogP) is 1.92. The van der Waals surface area contributed by atoms with Crippen LogP contribution in [0.2, 0.25) is 0 Å². The Morgan fingerprint density at radius 1 is 1.14 bits per heavy atom. The van der Waals surface area contributed by atoms with E-state index in [0.717, 1.165) is 43.9 Å². The van der Waals surface area contributed by atoms with E-state index in [1.54, 1.807) is 12.3 Å². The molecule has 1 aliphatic rings. The van der Waals surface area contributed by atoms with Gasteiger partial charge in [-0.15, -0.1) is 0 Å². The molecule has 2 aromatic rings. The van der Waals surface area contributed by atoms with E-state index in [0.29, 0.717) is 12.2 Å². The monoisotopic (exact) mass is 300 g/mol. The maximum absolute atomic E-state index is 14.1. The smallest absolute Gasteiger partial charge is 0.146 e. The fourth-order valence-electron chi connectivity index (χ4n) is 2.67. The van der Waals surface area contributed by atoms with Gasteiger partial charge in [-0.05, 0) is 29.3 Å². The van der Waals surface area contributed by atoms with Gasteiger partial charge in [-0.25, -0.2) is 4.39 Å². The average Bonchev–Trinajstić information content (AvgIpc) is 2.58. The standard InChI is InChI=1S/C17H21FN4/c18-16-4-3-14(10-17(16)22-8-6-19-7-9-22)11-21-13-15-2-1-5-20-12-15/h1-5,10,12,19,21H,6-9,11,13H2. The molecule has 0 saturated carbocycles. The van der Waals surface area contributed by atoms with Gasteiger partial charge in [0.15, 0.2) is 0 Å². The molecule has 1 aliphatic heterocycles. The Balaban J connectivity index is 1.61. The molecule has 4 nitrogen and oxygen atoms in total. The second kappa shape index (κ2) is 7.33. The van der Waals surface area contributed by atoms with Gasteiger partial charge >= 0.3 is 0 Å². The maximum atomic E-state index is 14.1. The van der Waals surface area contributed by atoms with Gasteiger partial charge in [-0.3, -0.25) is 4.98 Å². The summed E-state index contributed by atoms with van der Waals surface area (Å²) in [5.74, 6) is -0.141. The van der Waals surface area contributed by atoms with Crippen LogP contribution in [0.25, 0.3) is 0 Å². The molecular formula is C17H21FN4. The van der Waals surface area contributed by atoms with Crippen molar-refractivity contribution in [2.45, 2.75) is 13.1 Å². The van der Waals surface area contributed by atoms with Crippen molar-refractivity contribution in [3.05, 3.63) is 59.7 Å². The normalized spacial score (nSPS) is 15.0. The van der Waals surface area contributed by atoms with E-state index in [1.165, 1.54) is 0 Å². The average molecular weight is 300 g/mol. The van der Waals surface area contributed by atoms with Crippen LogP contribution in [0.15, 0.2) is 42.7 Å². The molecule has 2 heterocycles. The Labute approximate surface area is 130 Å². The third kappa shape index (κ3) is 3.81. The highest BCUT2D eigenvalue weighted by atomic mass is 19.1. The Morgan fingerprint density at radius 2 is 1.95 bits per heavy atom. The van der Waals surface area contributed by atoms with Crippen molar-refractivity contribution in [2.75, 3.05) is 31.1 Å². The molecule has 0 bridgehead atoms. The van der Waals surface area contributed by atoms with Crippen LogP contribution in [0.5, 0.6) is 0 Å². The maximum Gasteiger partial charge on any atom is 0.146 e. The minimum Gasteiger partial charge on any atom is -0.367 e. The van der Waals surface area contributed by atoms with Gasteiger partial charge in [-0.1, -0.05) is 12.1 Å². The van der Waals surface area contributed by atoms with Gasteiger partial charge in [0.05, 0.1) is 5.69 Å². The lowest BCUT2D eigenvalue weighted by Gasteiger charge is -2.30. The second-order valence-corrected chi connectivity index (χ2v) is 5.49. The first-order chi connectivity index (χ1) is 10.8. The van der Waals surface area contributed by atoms with Crippen LogP contribution in [-0.4, -0.2) is 31.2 Å². The molecule has 0 atom stereocenters. The van der Waals surface area contributed by atoms with E-state index in [1.807, 2.05) is 30.5 Å². The summed E-state index contributed by atoms with van der Waals surface area (Å²) in [6.45, 7) is 4.99. The van der Waals surface area contributed by atoms with Crippen LogP contribution in [-0.2, 0) is 13.1 Å². The van der Waals surface area contributed by atoms with Gasteiger partial charge in [-0.2, -0.15) is 0 Å². The number of anilines is 1. The molecule has 2 N–H and O–H groups in total. The van der Waals surface area contributed by atoms with Gasteiger partial charge in [0.1, 0.15) is 5.82 Å². The van der Waals surface area contributed by atoms with Crippen molar-refractivity contribution in [3.8, 4) is 0 Å². The van der Waals surface area contributed by atoms with Crippen molar-refractivity contribution in [1.29, 1.82) is 0 Å². The third-order valence-electron chi connectivity index (χ3n) is 3.85. The molecule has 0 spiro atoms. The molecule has 0 radical (unpaired) electrons. The molecule has 1 aromatic carbocycles. The molecule has 0 aliphatic carbocycles. The molecule has 1 saturated heterocycles. The van der Waals surface area contributed by atoms with E-state index < -0.39 is 0 Å². The van der Waals surface area contributed by atoms with Crippen LogP contribution in [0, 0.1) is 5.82 Å². The molecule has 3 rings (SSSR count). The SMILES string of the molecule is Fc1ccc(CNCc2cccnc2)cc1N1CCNCC1. The fourth-order valence-corrected chi connectivity index (χ4v) is 2.67. The van der Waals surface area contributed by atoms with E-state index in [2.05, 4.69) is 20.5 Å². The van der Waals surface area contributed by atoms with Crippen LogP contribution >= 0.6 is 0 Å². The lowest BCUT2D eigenvalue weighted by Crippen LogP contribution is -2.43. The number of benzene rings is 1. The number of hydrogen-bond donors (Lipinski definition) is 2. The quantitative estimate of drug-likeness (QED) is 0.885.